The number of phosphoric acid groups is 1. The van der Waals surface area contributed by atoms with Gasteiger partial charge in [-0.1, -0.05) is 379 Å². The van der Waals surface area contributed by atoms with Gasteiger partial charge in [-0.05, 0) is 19.3 Å². The quantitative estimate of drug-likeness (QED) is 0.0272. The molecule has 3 atom stereocenters. The summed E-state index contributed by atoms with van der Waals surface area (Å²) in [6, 6.07) is -0.884. The molecule has 0 heterocycles. The number of aliphatic hydroxyl groups is 1. The van der Waals surface area contributed by atoms with Gasteiger partial charge in [0.1, 0.15) is 13.2 Å². The van der Waals surface area contributed by atoms with Gasteiger partial charge in [-0.3, -0.25) is 9.36 Å². The van der Waals surface area contributed by atoms with Crippen molar-refractivity contribution in [1.82, 2.24) is 5.32 Å². The summed E-state index contributed by atoms with van der Waals surface area (Å²) in [6.45, 7) is 4.72. The fourth-order valence-corrected chi connectivity index (χ4v) is 12.3. The predicted molar refractivity (Wildman–Crippen MR) is 353 cm³/mol. The first-order valence-corrected chi connectivity index (χ1v) is 38.0. The SMILES string of the molecule is CCCCCCCCCCCCCCCCCCCCCC/C=C/C(O)C(COP(=O)([O-])OCC[N+](C)(C)C)NC(=O)CCCCCCCCCCCCCCCCCCCCCCCCCCCCCCCCCCCCCCC. The van der Waals surface area contributed by atoms with Gasteiger partial charge in [0.25, 0.3) is 7.82 Å². The molecule has 3 unspecified atom stereocenters. The highest BCUT2D eigenvalue weighted by Crippen LogP contribution is 2.38. The Hall–Kier alpha value is -0.760. The fraction of sp³-hybridized carbons (Fsp3) is 0.958. The van der Waals surface area contributed by atoms with Crippen LogP contribution < -0.4 is 10.2 Å². The molecule has 0 saturated heterocycles. The van der Waals surface area contributed by atoms with Crippen molar-refractivity contribution in [3.63, 3.8) is 0 Å². The maximum absolute atomic E-state index is 13.0. The van der Waals surface area contributed by atoms with Gasteiger partial charge in [0, 0.05) is 6.42 Å². The summed E-state index contributed by atoms with van der Waals surface area (Å²) in [5, 5.41) is 14.0. The van der Waals surface area contributed by atoms with E-state index in [1.54, 1.807) is 6.08 Å². The molecule has 0 saturated carbocycles. The maximum Gasteiger partial charge on any atom is 0.268 e. The molecule has 0 rings (SSSR count). The van der Waals surface area contributed by atoms with Crippen molar-refractivity contribution in [2.75, 3.05) is 40.9 Å². The average molecular weight is 1170 g/mol. The number of unbranched alkanes of at least 4 members (excludes halogenated alkanes) is 56. The summed E-state index contributed by atoms with van der Waals surface area (Å²) in [7, 11) is 1.29. The molecule has 9 heteroatoms. The molecular weight excluding hydrogens is 1020 g/mol. The van der Waals surface area contributed by atoms with Gasteiger partial charge in [0.2, 0.25) is 5.91 Å². The number of nitrogens with one attached hydrogen (secondary N) is 1. The van der Waals surface area contributed by atoms with Crippen LogP contribution in [0.4, 0.5) is 0 Å². The number of aliphatic hydroxyl groups excluding tert-OH is 1. The monoisotopic (exact) mass is 1170 g/mol. The normalized spacial score (nSPS) is 13.6. The fourth-order valence-electron chi connectivity index (χ4n) is 11.6. The van der Waals surface area contributed by atoms with Crippen molar-refractivity contribution in [2.45, 2.75) is 405 Å². The minimum absolute atomic E-state index is 0.00298. The highest BCUT2D eigenvalue weighted by Gasteiger charge is 2.23. The molecule has 0 aromatic rings. The first kappa shape index (κ1) is 80.2. The molecule has 0 aromatic heterocycles. The molecule has 0 spiro atoms. The van der Waals surface area contributed by atoms with E-state index in [1.165, 1.54) is 334 Å². The first-order valence-electron chi connectivity index (χ1n) is 36.6. The number of allylic oxidation sites excluding steroid dienone is 1. The second-order valence-corrected chi connectivity index (χ2v) is 28.1. The van der Waals surface area contributed by atoms with Crippen LogP contribution in [-0.2, 0) is 18.4 Å². The second-order valence-electron chi connectivity index (χ2n) is 26.7. The zero-order valence-electron chi connectivity index (χ0n) is 55.5. The molecule has 0 fully saturated rings. The van der Waals surface area contributed by atoms with Gasteiger partial charge in [-0.15, -0.1) is 0 Å². The molecule has 0 aliphatic heterocycles. The summed E-state index contributed by atoms with van der Waals surface area (Å²) >= 11 is 0. The molecular formula is C72H145N2O6P. The Morgan fingerprint density at radius 1 is 0.420 bits per heavy atom. The third-order valence-corrected chi connectivity index (χ3v) is 18.2. The van der Waals surface area contributed by atoms with Gasteiger partial charge in [0.05, 0.1) is 39.9 Å². The number of likely N-dealkylation sites (N-methyl/N-ethyl adjacent to an activating group) is 1. The highest BCUT2D eigenvalue weighted by atomic mass is 31.2. The van der Waals surface area contributed by atoms with E-state index >= 15 is 0 Å². The molecule has 0 aliphatic carbocycles. The topological polar surface area (TPSA) is 108 Å². The van der Waals surface area contributed by atoms with Crippen LogP contribution in [0.15, 0.2) is 12.2 Å². The van der Waals surface area contributed by atoms with Crippen molar-refractivity contribution in [2.24, 2.45) is 0 Å². The number of carbonyl (C=O) groups excluding carboxylic acids is 1. The molecule has 1 amide bonds. The number of hydrogen-bond acceptors (Lipinski definition) is 6. The molecule has 81 heavy (non-hydrogen) atoms. The van der Waals surface area contributed by atoms with E-state index in [1.807, 2.05) is 27.2 Å². The van der Waals surface area contributed by atoms with Crippen LogP contribution in [0.25, 0.3) is 0 Å². The van der Waals surface area contributed by atoms with Gasteiger partial charge in [-0.25, -0.2) is 0 Å². The number of phosphoric ester groups is 1. The second kappa shape index (κ2) is 63.7. The zero-order chi connectivity index (χ0) is 59.1. The van der Waals surface area contributed by atoms with E-state index in [0.717, 1.165) is 38.5 Å². The minimum Gasteiger partial charge on any atom is -0.756 e. The van der Waals surface area contributed by atoms with Crippen LogP contribution in [0, 0.1) is 0 Å². The van der Waals surface area contributed by atoms with E-state index in [2.05, 4.69) is 19.2 Å². The van der Waals surface area contributed by atoms with E-state index < -0.39 is 20.0 Å². The summed E-state index contributed by atoms with van der Waals surface area (Å²) in [4.78, 5) is 25.6. The van der Waals surface area contributed by atoms with Crippen LogP contribution in [0.2, 0.25) is 0 Å². The number of amides is 1. The number of nitrogens with zero attached hydrogens (tertiary/aromatic N) is 1. The molecule has 484 valence electrons. The predicted octanol–water partition coefficient (Wildman–Crippen LogP) is 22.7. The smallest absolute Gasteiger partial charge is 0.268 e. The summed E-state index contributed by atoms with van der Waals surface area (Å²) in [5.41, 5.74) is 0. The van der Waals surface area contributed by atoms with Gasteiger partial charge in [0.15, 0.2) is 0 Å². The zero-order valence-corrected chi connectivity index (χ0v) is 56.4. The van der Waals surface area contributed by atoms with E-state index in [0.29, 0.717) is 17.4 Å². The van der Waals surface area contributed by atoms with Crippen LogP contribution in [-0.4, -0.2) is 68.5 Å². The third-order valence-electron chi connectivity index (χ3n) is 17.2. The van der Waals surface area contributed by atoms with Crippen molar-refractivity contribution >= 4 is 13.7 Å². The summed E-state index contributed by atoms with van der Waals surface area (Å²) < 4.78 is 23.5. The molecule has 0 bridgehead atoms. The van der Waals surface area contributed by atoms with Crippen LogP contribution in [0.3, 0.4) is 0 Å². The van der Waals surface area contributed by atoms with Crippen LogP contribution in [0.1, 0.15) is 393 Å². The lowest BCUT2D eigenvalue weighted by atomic mass is 10.0. The number of rotatable bonds is 69. The standard InChI is InChI=1S/C72H145N2O6P/c1-6-8-10-12-14-16-18-20-22-24-26-28-30-31-32-33-34-35-36-37-38-39-40-41-42-43-44-46-48-50-52-54-56-58-60-62-64-66-72(76)73-70(69-80-81(77,78)79-68-67-74(3,4)5)71(75)65-63-61-59-57-55-53-51-49-47-45-29-27-25-23-21-19-17-15-13-11-9-7-2/h63,65,70-71,75H,6-62,64,66-69H2,1-5H3,(H-,73,76,77,78)/b65-63+. The molecule has 0 aromatic carbocycles. The molecule has 8 nitrogen and oxygen atoms in total. The highest BCUT2D eigenvalue weighted by molar-refractivity contribution is 7.45. The third kappa shape index (κ3) is 66.6. The Morgan fingerprint density at radius 2 is 0.667 bits per heavy atom. The molecule has 2 N–H and O–H groups in total. The molecule has 0 radical (unpaired) electrons. The number of carbonyl (C=O) groups is 1. The minimum atomic E-state index is -4.60. The Balaban J connectivity index is 3.93. The summed E-state index contributed by atoms with van der Waals surface area (Å²) in [6.07, 6.45) is 82.1. The van der Waals surface area contributed by atoms with Crippen molar-refractivity contribution < 1.29 is 32.9 Å². The van der Waals surface area contributed by atoms with E-state index in [-0.39, 0.29) is 19.1 Å². The van der Waals surface area contributed by atoms with E-state index in [4.69, 9.17) is 9.05 Å². The summed E-state index contributed by atoms with van der Waals surface area (Å²) in [5.74, 6) is -0.187. The molecule has 0 aliphatic rings. The number of quaternary nitrogens is 1. The van der Waals surface area contributed by atoms with Gasteiger partial charge in [-0.2, -0.15) is 0 Å². The Bertz CT molecular complexity index is 1320. The first-order chi connectivity index (χ1) is 39.5. The average Bonchev–Trinajstić information content (AvgIpc) is 3.43. The maximum atomic E-state index is 13.0. The lowest BCUT2D eigenvalue weighted by Gasteiger charge is -2.29. The van der Waals surface area contributed by atoms with Crippen molar-refractivity contribution in [3.8, 4) is 0 Å². The van der Waals surface area contributed by atoms with Gasteiger partial charge < -0.3 is 28.8 Å². The largest absolute Gasteiger partial charge is 0.756 e. The lowest BCUT2D eigenvalue weighted by molar-refractivity contribution is -0.870. The van der Waals surface area contributed by atoms with Crippen LogP contribution >= 0.6 is 7.82 Å². The number of hydrogen-bond donors (Lipinski definition) is 2. The van der Waals surface area contributed by atoms with Crippen molar-refractivity contribution in [3.05, 3.63) is 12.2 Å². The lowest BCUT2D eigenvalue weighted by Crippen LogP contribution is -2.45. The Morgan fingerprint density at radius 3 is 0.926 bits per heavy atom. The Kier molecular flexibility index (Phi) is 63.1. The van der Waals surface area contributed by atoms with Crippen molar-refractivity contribution in [1.29, 1.82) is 0 Å². The van der Waals surface area contributed by atoms with Crippen LogP contribution in [0.5, 0.6) is 0 Å². The van der Waals surface area contributed by atoms with E-state index in [9.17, 15) is 19.4 Å². The Labute approximate surface area is 507 Å². The van der Waals surface area contributed by atoms with Gasteiger partial charge >= 0.3 is 0 Å².